The molecule has 0 radical (unpaired) electrons. The van der Waals surface area contributed by atoms with Gasteiger partial charge in [-0.05, 0) is 33.8 Å². The molecular formula is C23H34Cl2OSi2Zr-2. The fourth-order valence-corrected chi connectivity index (χ4v) is 5.66. The van der Waals surface area contributed by atoms with Gasteiger partial charge in [0.05, 0.1) is 0 Å². The minimum Gasteiger partial charge on any atom is -1.00 e. The Morgan fingerprint density at radius 3 is 2.24 bits per heavy atom. The van der Waals surface area contributed by atoms with Crippen LogP contribution >= 0.6 is 0 Å². The number of halogens is 2. The van der Waals surface area contributed by atoms with Crippen LogP contribution in [0.15, 0.2) is 59.8 Å². The van der Waals surface area contributed by atoms with E-state index in [9.17, 15) is 0 Å². The summed E-state index contributed by atoms with van der Waals surface area (Å²) >= 11 is 1.51. The molecule has 0 amide bonds. The summed E-state index contributed by atoms with van der Waals surface area (Å²) in [7, 11) is -2.55. The SMILES string of the molecule is C[CH]=[Zr+2].C[Si](C)(C)OCC[Si](C)(C)C1=CC[C-]=C1.[Cl-].[Cl-].c1ccc2[cH-]ccc2c1. The summed E-state index contributed by atoms with van der Waals surface area (Å²) in [6.45, 7) is 14.6. The van der Waals surface area contributed by atoms with Crippen molar-refractivity contribution in [2.24, 2.45) is 0 Å². The van der Waals surface area contributed by atoms with Crippen LogP contribution < -0.4 is 24.8 Å². The van der Waals surface area contributed by atoms with E-state index in [0.717, 1.165) is 13.0 Å². The van der Waals surface area contributed by atoms with Crippen molar-refractivity contribution >= 4 is 30.9 Å². The van der Waals surface area contributed by atoms with Crippen LogP contribution in [0.2, 0.25) is 38.8 Å². The molecule has 0 unspecified atom stereocenters. The van der Waals surface area contributed by atoms with Gasteiger partial charge in [0.2, 0.25) is 0 Å². The Morgan fingerprint density at radius 2 is 1.72 bits per heavy atom. The van der Waals surface area contributed by atoms with Gasteiger partial charge >= 0.3 is 34.9 Å². The van der Waals surface area contributed by atoms with Crippen LogP contribution in [0.1, 0.15) is 13.3 Å². The first kappa shape index (κ1) is 31.2. The van der Waals surface area contributed by atoms with E-state index in [-0.39, 0.29) is 24.8 Å². The zero-order valence-corrected chi connectivity index (χ0v) is 24.5. The van der Waals surface area contributed by atoms with Gasteiger partial charge in [-0.1, -0.05) is 19.2 Å². The third kappa shape index (κ3) is 13.1. The van der Waals surface area contributed by atoms with Crippen molar-refractivity contribution in [3.63, 3.8) is 0 Å². The summed E-state index contributed by atoms with van der Waals surface area (Å²) in [6, 6.07) is 15.9. The third-order valence-electron chi connectivity index (χ3n) is 4.29. The van der Waals surface area contributed by atoms with E-state index in [2.05, 4.69) is 97.1 Å². The topological polar surface area (TPSA) is 9.23 Å². The van der Waals surface area contributed by atoms with E-state index in [0.29, 0.717) is 0 Å². The van der Waals surface area contributed by atoms with E-state index in [1.54, 1.807) is 5.20 Å². The van der Waals surface area contributed by atoms with Crippen LogP contribution in [0.3, 0.4) is 0 Å². The monoisotopic (exact) mass is 542 g/mol. The molecule has 1 nitrogen and oxygen atoms in total. The maximum Gasteiger partial charge on any atom is 0.183 e. The molecule has 6 heteroatoms. The van der Waals surface area contributed by atoms with E-state index in [4.69, 9.17) is 4.43 Å². The minimum atomic E-state index is -1.32. The Hall–Kier alpha value is 0.0369. The summed E-state index contributed by atoms with van der Waals surface area (Å²) in [5, 5.41) is 4.22. The smallest absolute Gasteiger partial charge is 0.183 e. The Labute approximate surface area is 207 Å². The summed E-state index contributed by atoms with van der Waals surface area (Å²) in [5.74, 6) is 0. The molecule has 0 aromatic heterocycles. The summed E-state index contributed by atoms with van der Waals surface area (Å²) < 4.78 is 8.03. The van der Waals surface area contributed by atoms with Crippen molar-refractivity contribution in [1.29, 1.82) is 0 Å². The third-order valence-corrected chi connectivity index (χ3v) is 8.72. The minimum absolute atomic E-state index is 0. The molecule has 0 N–H and O–H groups in total. The van der Waals surface area contributed by atoms with E-state index >= 15 is 0 Å². The Bertz CT molecular complexity index is 731. The first-order valence-corrected chi connectivity index (χ1v) is 17.7. The molecule has 0 aliphatic heterocycles. The van der Waals surface area contributed by atoms with Crippen molar-refractivity contribution in [3.05, 3.63) is 65.9 Å². The molecule has 0 bridgehead atoms. The predicted molar refractivity (Wildman–Crippen MR) is 123 cm³/mol. The van der Waals surface area contributed by atoms with Crippen molar-refractivity contribution in [2.75, 3.05) is 6.61 Å². The largest absolute Gasteiger partial charge is 1.00 e. The molecule has 0 saturated heterocycles. The average molecular weight is 545 g/mol. The van der Waals surface area contributed by atoms with Gasteiger partial charge in [-0.15, -0.1) is 36.1 Å². The molecular weight excluding hydrogens is 511 g/mol. The van der Waals surface area contributed by atoms with Gasteiger partial charge in [0.1, 0.15) is 0 Å². The maximum absolute atomic E-state index is 5.94. The maximum atomic E-state index is 5.94. The number of fused-ring (bicyclic) bond motifs is 1. The zero-order chi connectivity index (χ0) is 20.3. The molecule has 1 aliphatic rings. The molecule has 160 valence electrons. The van der Waals surface area contributed by atoms with Crippen LogP contribution in [0, 0.1) is 6.08 Å². The molecule has 0 heterocycles. The van der Waals surface area contributed by atoms with Gasteiger partial charge in [-0.2, -0.15) is 23.6 Å². The number of allylic oxidation sites excluding steroid dienone is 4. The van der Waals surface area contributed by atoms with Crippen LogP contribution in [0.25, 0.3) is 10.8 Å². The molecule has 1 aliphatic carbocycles. The second kappa shape index (κ2) is 15.8. The fourth-order valence-electron chi connectivity index (χ4n) is 2.69. The van der Waals surface area contributed by atoms with Gasteiger partial charge in [0, 0.05) is 6.61 Å². The number of benzene rings is 1. The van der Waals surface area contributed by atoms with Gasteiger partial charge < -0.3 is 29.2 Å². The van der Waals surface area contributed by atoms with Gasteiger partial charge in [0.15, 0.2) is 8.32 Å². The molecule has 0 spiro atoms. The second-order valence-corrected chi connectivity index (χ2v) is 19.0. The Kier molecular flexibility index (Phi) is 17.0. The van der Waals surface area contributed by atoms with Crippen LogP contribution in [-0.4, -0.2) is 26.7 Å². The zero-order valence-electron chi connectivity index (χ0n) is 18.6. The van der Waals surface area contributed by atoms with Crippen molar-refractivity contribution < 1.29 is 53.5 Å². The normalized spacial score (nSPS) is 12.5. The molecule has 2 aromatic rings. The Morgan fingerprint density at radius 1 is 1.10 bits per heavy atom. The van der Waals surface area contributed by atoms with Gasteiger partial charge in [-0.25, -0.2) is 11.3 Å². The average Bonchev–Trinajstić information content (AvgIpc) is 3.27. The number of rotatable bonds is 5. The number of hydrogen-bond donors (Lipinski definition) is 0. The van der Waals surface area contributed by atoms with Gasteiger partial charge in [-0.3, -0.25) is 6.08 Å². The van der Waals surface area contributed by atoms with Crippen molar-refractivity contribution in [1.82, 2.24) is 0 Å². The summed E-state index contributed by atoms with van der Waals surface area (Å²) in [6.07, 6.45) is 8.81. The number of hydrogen-bond acceptors (Lipinski definition) is 1. The molecule has 29 heavy (non-hydrogen) atoms. The van der Waals surface area contributed by atoms with Gasteiger partial charge in [0.25, 0.3) is 0 Å². The van der Waals surface area contributed by atoms with Crippen LogP contribution in [0.4, 0.5) is 0 Å². The first-order chi connectivity index (χ1) is 12.7. The summed E-state index contributed by atoms with van der Waals surface area (Å²) in [5.41, 5.74) is 0. The van der Waals surface area contributed by atoms with Crippen molar-refractivity contribution in [2.45, 2.75) is 52.1 Å². The molecule has 3 rings (SSSR count). The van der Waals surface area contributed by atoms with E-state index in [1.165, 1.54) is 41.1 Å². The first-order valence-electron chi connectivity index (χ1n) is 9.66. The molecule has 0 atom stereocenters. The predicted octanol–water partition coefficient (Wildman–Crippen LogP) is 0.697. The fraction of sp³-hybridized carbons (Fsp3) is 0.391. The quantitative estimate of drug-likeness (QED) is 0.398. The van der Waals surface area contributed by atoms with Crippen LogP contribution in [0.5, 0.6) is 0 Å². The Balaban J connectivity index is 0. The molecule has 2 aromatic carbocycles. The van der Waals surface area contributed by atoms with Crippen LogP contribution in [-0.2, 0) is 28.7 Å². The molecule has 0 fully saturated rings. The van der Waals surface area contributed by atoms with E-state index < -0.39 is 16.4 Å². The van der Waals surface area contributed by atoms with Crippen molar-refractivity contribution in [3.8, 4) is 0 Å². The standard InChI is InChI=1S/C12H23OSi2.C9H7.C2H4.2ClH.Zr/c1-14(2,3)13-10-11-15(4,5)12-8-6-7-9-12;1-2-5-9-7-3-6-8(9)4-1;1-2;;;/h8-9H,6,10-11H2,1-5H3;1-7H;1H,2H3;2*1H;/q2*-1;;;;+2/p-2. The second-order valence-electron chi connectivity index (χ2n) is 8.25. The summed E-state index contributed by atoms with van der Waals surface area (Å²) in [4.78, 5) is 0. The molecule has 0 saturated carbocycles. The van der Waals surface area contributed by atoms with E-state index in [1.807, 2.05) is 6.92 Å².